The first-order valence-corrected chi connectivity index (χ1v) is 10.1. The van der Waals surface area contributed by atoms with Crippen molar-refractivity contribution in [3.8, 4) is 0 Å². The second-order valence-corrected chi connectivity index (χ2v) is 7.86. The molecule has 132 valence electrons. The Kier molecular flexibility index (Phi) is 6.53. The third kappa shape index (κ3) is 4.72. The lowest BCUT2D eigenvalue weighted by atomic mass is 10.2. The highest BCUT2D eigenvalue weighted by Crippen LogP contribution is 2.25. The van der Waals surface area contributed by atoms with Crippen LogP contribution in [0.3, 0.4) is 0 Å². The lowest BCUT2D eigenvalue weighted by Crippen LogP contribution is -2.43. The number of hydrogen-bond acceptors (Lipinski definition) is 6. The van der Waals surface area contributed by atoms with Crippen molar-refractivity contribution in [1.82, 2.24) is 15.1 Å². The monoisotopic (exact) mass is 369 g/mol. The lowest BCUT2D eigenvalue weighted by molar-refractivity contribution is -0.121. The van der Waals surface area contributed by atoms with Crippen LogP contribution in [-0.2, 0) is 9.53 Å². The van der Waals surface area contributed by atoms with E-state index in [1.54, 1.807) is 16.2 Å². The van der Waals surface area contributed by atoms with Crippen molar-refractivity contribution in [3.63, 3.8) is 0 Å². The molecule has 0 saturated carbocycles. The van der Waals surface area contributed by atoms with Gasteiger partial charge in [0.15, 0.2) is 0 Å². The smallest absolute Gasteiger partial charge is 0.281 e. The van der Waals surface area contributed by atoms with Crippen molar-refractivity contribution >= 4 is 34.2 Å². The maximum atomic E-state index is 12.2. The lowest BCUT2D eigenvalue weighted by Gasteiger charge is -2.34. The van der Waals surface area contributed by atoms with Crippen LogP contribution in [0.2, 0.25) is 0 Å². The molecule has 1 unspecified atom stereocenters. The van der Waals surface area contributed by atoms with Crippen molar-refractivity contribution in [2.45, 2.75) is 12.5 Å². The largest absolute Gasteiger partial charge is 0.379 e. The van der Waals surface area contributed by atoms with Crippen molar-refractivity contribution in [2.24, 2.45) is 0 Å². The number of ether oxygens (including phenoxy) is 1. The fourth-order valence-electron chi connectivity index (χ4n) is 2.94. The molecule has 24 heavy (non-hydrogen) atoms. The predicted octanol–water partition coefficient (Wildman–Crippen LogP) is 1.80. The van der Waals surface area contributed by atoms with Crippen molar-refractivity contribution in [3.05, 3.63) is 22.4 Å². The third-order valence-electron chi connectivity index (χ3n) is 4.30. The molecule has 6 nitrogen and oxygen atoms in total. The second kappa shape index (κ2) is 8.84. The second-order valence-electron chi connectivity index (χ2n) is 5.84. The normalized spacial score (nSPS) is 20.3. The zero-order valence-electron chi connectivity index (χ0n) is 13.6. The van der Waals surface area contributed by atoms with Gasteiger partial charge in [-0.2, -0.15) is 0 Å². The van der Waals surface area contributed by atoms with Gasteiger partial charge in [0.2, 0.25) is 5.91 Å². The van der Waals surface area contributed by atoms with Gasteiger partial charge in [0.05, 0.1) is 19.3 Å². The number of amides is 2. The summed E-state index contributed by atoms with van der Waals surface area (Å²) < 4.78 is 5.43. The zero-order chi connectivity index (χ0) is 16.8. The number of carbonyl (C=O) groups is 2. The molecule has 0 spiro atoms. The molecule has 2 fully saturated rings. The summed E-state index contributed by atoms with van der Waals surface area (Å²) >= 11 is 3.05. The number of nitrogens with zero attached hydrogens (tertiary/aromatic N) is 2. The Labute approximate surface area is 150 Å². The third-order valence-corrected chi connectivity index (χ3v) is 6.17. The van der Waals surface area contributed by atoms with Crippen molar-refractivity contribution < 1.29 is 14.3 Å². The van der Waals surface area contributed by atoms with E-state index in [0.717, 1.165) is 38.6 Å². The van der Waals surface area contributed by atoms with E-state index in [1.165, 1.54) is 16.6 Å². The van der Waals surface area contributed by atoms with Crippen LogP contribution in [0, 0.1) is 0 Å². The van der Waals surface area contributed by atoms with Gasteiger partial charge >= 0.3 is 0 Å². The zero-order valence-corrected chi connectivity index (χ0v) is 15.2. The first-order chi connectivity index (χ1) is 11.7. The quantitative estimate of drug-likeness (QED) is 0.794. The molecule has 0 radical (unpaired) electrons. The molecule has 0 aliphatic carbocycles. The van der Waals surface area contributed by atoms with Crippen LogP contribution in [0.5, 0.6) is 0 Å². The van der Waals surface area contributed by atoms with Gasteiger partial charge in [-0.25, -0.2) is 0 Å². The van der Waals surface area contributed by atoms with E-state index in [2.05, 4.69) is 21.7 Å². The van der Waals surface area contributed by atoms with Crippen LogP contribution in [0.1, 0.15) is 17.3 Å². The van der Waals surface area contributed by atoms with Crippen LogP contribution < -0.4 is 5.32 Å². The number of thioether (sulfide) groups is 1. The maximum Gasteiger partial charge on any atom is 0.281 e. The minimum atomic E-state index is 0.00881. The van der Waals surface area contributed by atoms with Gasteiger partial charge in [-0.1, -0.05) is 17.8 Å². The van der Waals surface area contributed by atoms with Crippen LogP contribution in [-0.4, -0.2) is 72.6 Å². The average molecular weight is 370 g/mol. The number of rotatable bonds is 7. The molecule has 0 bridgehead atoms. The van der Waals surface area contributed by atoms with E-state index < -0.39 is 0 Å². The van der Waals surface area contributed by atoms with Crippen LogP contribution in [0.25, 0.3) is 0 Å². The summed E-state index contributed by atoms with van der Waals surface area (Å²) in [6.07, 6.45) is 0.368. The summed E-state index contributed by atoms with van der Waals surface area (Å²) in [4.78, 5) is 29.1. The molecule has 3 heterocycles. The Morgan fingerprint density at radius 3 is 2.83 bits per heavy atom. The van der Waals surface area contributed by atoms with E-state index in [9.17, 15) is 9.59 Å². The molecular weight excluding hydrogens is 346 g/mol. The van der Waals surface area contributed by atoms with E-state index >= 15 is 0 Å². The van der Waals surface area contributed by atoms with E-state index in [0.29, 0.717) is 19.5 Å². The number of nitrogens with one attached hydrogen (secondary N) is 1. The summed E-state index contributed by atoms with van der Waals surface area (Å²) in [5.41, 5.74) is 0. The molecule has 0 aromatic carbocycles. The average Bonchev–Trinajstić information content (AvgIpc) is 3.26. The summed E-state index contributed by atoms with van der Waals surface area (Å²) in [7, 11) is 0. The van der Waals surface area contributed by atoms with Gasteiger partial charge < -0.3 is 15.0 Å². The molecule has 1 aromatic rings. The van der Waals surface area contributed by atoms with E-state index in [-0.39, 0.29) is 17.2 Å². The summed E-state index contributed by atoms with van der Waals surface area (Å²) in [5.74, 6) is 0.840. The van der Waals surface area contributed by atoms with Crippen LogP contribution >= 0.6 is 23.1 Å². The molecule has 3 rings (SSSR count). The first kappa shape index (κ1) is 17.7. The molecule has 2 amide bonds. The minimum absolute atomic E-state index is 0.00881. The van der Waals surface area contributed by atoms with Gasteiger partial charge in [0, 0.05) is 49.8 Å². The molecule has 2 aliphatic heterocycles. The Balaban J connectivity index is 1.49. The van der Waals surface area contributed by atoms with Crippen LogP contribution in [0.4, 0.5) is 4.79 Å². The molecular formula is C16H23N3O3S2. The van der Waals surface area contributed by atoms with Gasteiger partial charge in [-0.05, 0) is 11.4 Å². The van der Waals surface area contributed by atoms with Gasteiger partial charge in [-0.15, -0.1) is 11.3 Å². The highest BCUT2D eigenvalue weighted by atomic mass is 32.2. The SMILES string of the molecule is O=C(CCN1CCSC1=O)NCC(c1cccs1)N1CCOCC1. The molecule has 1 atom stereocenters. The summed E-state index contributed by atoms with van der Waals surface area (Å²) in [5, 5.41) is 5.21. The molecule has 2 aliphatic rings. The molecule has 8 heteroatoms. The highest BCUT2D eigenvalue weighted by molar-refractivity contribution is 8.13. The topological polar surface area (TPSA) is 61.9 Å². The molecule has 2 saturated heterocycles. The Hall–Kier alpha value is -1.09. The molecule has 1 N–H and O–H groups in total. The van der Waals surface area contributed by atoms with Gasteiger partial charge in [0.25, 0.3) is 5.24 Å². The van der Waals surface area contributed by atoms with Crippen molar-refractivity contribution in [2.75, 3.05) is 51.7 Å². The fraction of sp³-hybridized carbons (Fsp3) is 0.625. The van der Waals surface area contributed by atoms with E-state index in [1.807, 2.05) is 6.07 Å². The number of carbonyl (C=O) groups excluding carboxylic acids is 2. The Morgan fingerprint density at radius 1 is 1.33 bits per heavy atom. The number of thiophene rings is 1. The maximum absolute atomic E-state index is 12.2. The first-order valence-electron chi connectivity index (χ1n) is 8.27. The van der Waals surface area contributed by atoms with Gasteiger partial charge in [0.1, 0.15) is 0 Å². The number of hydrogen-bond donors (Lipinski definition) is 1. The number of morpholine rings is 1. The molecule has 1 aromatic heterocycles. The fourth-order valence-corrected chi connectivity index (χ4v) is 4.66. The summed E-state index contributed by atoms with van der Waals surface area (Å²) in [6.45, 7) is 5.12. The van der Waals surface area contributed by atoms with Crippen LogP contribution in [0.15, 0.2) is 17.5 Å². The van der Waals surface area contributed by atoms with E-state index in [4.69, 9.17) is 4.74 Å². The van der Waals surface area contributed by atoms with Gasteiger partial charge in [-0.3, -0.25) is 14.5 Å². The summed E-state index contributed by atoms with van der Waals surface area (Å²) in [6, 6.07) is 4.37. The standard InChI is InChI=1S/C16H23N3O3S2/c20-15(3-4-19-7-11-24-16(19)21)17-12-13(14-2-1-10-23-14)18-5-8-22-9-6-18/h1-2,10,13H,3-9,11-12H2,(H,17,20). The minimum Gasteiger partial charge on any atom is -0.379 e. The Morgan fingerprint density at radius 2 is 2.17 bits per heavy atom. The van der Waals surface area contributed by atoms with Crippen molar-refractivity contribution in [1.29, 1.82) is 0 Å². The highest BCUT2D eigenvalue weighted by Gasteiger charge is 2.25. The Bertz CT molecular complexity index is 547. The predicted molar refractivity (Wildman–Crippen MR) is 96.5 cm³/mol.